The van der Waals surface area contributed by atoms with Crippen LogP contribution in [0.25, 0.3) is 0 Å². The van der Waals surface area contributed by atoms with Gasteiger partial charge >= 0.3 is 6.09 Å². The van der Waals surface area contributed by atoms with Gasteiger partial charge in [-0.25, -0.2) is 4.79 Å². The predicted molar refractivity (Wildman–Crippen MR) is 138 cm³/mol. The zero-order chi connectivity index (χ0) is 23.1. The molecular weight excluding hydrogens is 418 g/mol. The summed E-state index contributed by atoms with van der Waals surface area (Å²) < 4.78 is 5.27. The van der Waals surface area contributed by atoms with Crippen molar-refractivity contribution in [3.63, 3.8) is 0 Å². The number of carbonyl (C=O) groups excluding carboxylic acids is 1. The van der Waals surface area contributed by atoms with Crippen LogP contribution < -0.4 is 5.32 Å². The van der Waals surface area contributed by atoms with Gasteiger partial charge in [-0.3, -0.25) is 0 Å². The SMILES string of the molecule is CCCCCCCCCCCCCCOC(=O)NCCCCCCSc1ccc(O)cc1. The Hall–Kier alpha value is -1.36. The van der Waals surface area contributed by atoms with E-state index >= 15 is 0 Å². The highest BCUT2D eigenvalue weighted by Crippen LogP contribution is 2.22. The van der Waals surface area contributed by atoms with E-state index < -0.39 is 0 Å². The van der Waals surface area contributed by atoms with Crippen LogP contribution in [0.5, 0.6) is 5.75 Å². The van der Waals surface area contributed by atoms with Gasteiger partial charge in [0, 0.05) is 11.4 Å². The maximum absolute atomic E-state index is 11.7. The molecule has 0 radical (unpaired) electrons. The minimum Gasteiger partial charge on any atom is -0.508 e. The molecule has 5 heteroatoms. The molecule has 32 heavy (non-hydrogen) atoms. The Labute approximate surface area is 201 Å². The van der Waals surface area contributed by atoms with Crippen LogP contribution in [0.2, 0.25) is 0 Å². The molecule has 0 aliphatic heterocycles. The van der Waals surface area contributed by atoms with Crippen LogP contribution >= 0.6 is 11.8 Å². The van der Waals surface area contributed by atoms with Crippen LogP contribution in [-0.4, -0.2) is 30.1 Å². The largest absolute Gasteiger partial charge is 0.508 e. The summed E-state index contributed by atoms with van der Waals surface area (Å²) in [5, 5.41) is 12.1. The summed E-state index contributed by atoms with van der Waals surface area (Å²) in [4.78, 5) is 12.9. The number of carbonyl (C=O) groups is 1. The summed E-state index contributed by atoms with van der Waals surface area (Å²) in [5.41, 5.74) is 0. The fourth-order valence-electron chi connectivity index (χ4n) is 3.66. The lowest BCUT2D eigenvalue weighted by molar-refractivity contribution is 0.143. The smallest absolute Gasteiger partial charge is 0.407 e. The van der Waals surface area contributed by atoms with E-state index in [0.29, 0.717) is 18.9 Å². The molecule has 0 saturated carbocycles. The predicted octanol–water partition coefficient (Wildman–Crippen LogP) is 8.47. The van der Waals surface area contributed by atoms with Gasteiger partial charge in [0.05, 0.1) is 6.61 Å². The number of benzene rings is 1. The molecule has 4 nitrogen and oxygen atoms in total. The molecule has 1 rings (SSSR count). The number of phenols is 1. The number of amides is 1. The standard InChI is InChI=1S/C27H47NO3S/c1-2-3-4-5-6-7-8-9-10-11-13-16-23-31-27(30)28-22-15-12-14-17-24-32-26-20-18-25(29)19-21-26/h18-21,29H,2-17,22-24H2,1H3,(H,28,30). The first-order valence-electron chi connectivity index (χ1n) is 13.0. The van der Waals surface area contributed by atoms with Crippen LogP contribution in [-0.2, 0) is 4.74 Å². The van der Waals surface area contributed by atoms with Gasteiger partial charge in [0.15, 0.2) is 0 Å². The second-order valence-corrected chi connectivity index (χ2v) is 9.88. The zero-order valence-corrected chi connectivity index (χ0v) is 21.2. The van der Waals surface area contributed by atoms with E-state index in [1.165, 1.54) is 75.5 Å². The Morgan fingerprint density at radius 3 is 1.94 bits per heavy atom. The quantitative estimate of drug-likeness (QED) is 0.141. The van der Waals surface area contributed by atoms with Crippen molar-refractivity contribution in [3.8, 4) is 5.75 Å². The Kier molecular flexibility index (Phi) is 19.2. The maximum atomic E-state index is 11.7. The molecule has 0 spiro atoms. The van der Waals surface area contributed by atoms with E-state index in [0.717, 1.165) is 37.9 Å². The van der Waals surface area contributed by atoms with Crippen molar-refractivity contribution in [2.24, 2.45) is 0 Å². The fourth-order valence-corrected chi connectivity index (χ4v) is 4.58. The van der Waals surface area contributed by atoms with Crippen LogP contribution in [0.15, 0.2) is 29.2 Å². The van der Waals surface area contributed by atoms with Gasteiger partial charge in [-0.05, 0) is 49.3 Å². The Morgan fingerprint density at radius 2 is 1.31 bits per heavy atom. The number of unbranched alkanes of at least 4 members (excludes halogenated alkanes) is 14. The molecule has 0 fully saturated rings. The second kappa shape index (κ2) is 21.5. The van der Waals surface area contributed by atoms with Gasteiger partial charge < -0.3 is 15.2 Å². The first-order valence-corrected chi connectivity index (χ1v) is 14.0. The highest BCUT2D eigenvalue weighted by Gasteiger charge is 2.01. The summed E-state index contributed by atoms with van der Waals surface area (Å²) in [6.07, 6.45) is 20.0. The number of alkyl carbamates (subject to hydrolysis) is 1. The molecule has 2 N–H and O–H groups in total. The van der Waals surface area contributed by atoms with Crippen molar-refractivity contribution in [2.45, 2.75) is 115 Å². The van der Waals surface area contributed by atoms with E-state index in [1.54, 1.807) is 12.1 Å². The number of hydrogen-bond acceptors (Lipinski definition) is 4. The zero-order valence-electron chi connectivity index (χ0n) is 20.4. The highest BCUT2D eigenvalue weighted by atomic mass is 32.2. The maximum Gasteiger partial charge on any atom is 0.407 e. The molecule has 0 unspecified atom stereocenters. The number of phenolic OH excluding ortho intramolecular Hbond substituents is 1. The van der Waals surface area contributed by atoms with E-state index in [4.69, 9.17) is 4.74 Å². The highest BCUT2D eigenvalue weighted by molar-refractivity contribution is 7.99. The molecule has 0 atom stereocenters. The summed E-state index contributed by atoms with van der Waals surface area (Å²) in [7, 11) is 0. The first-order chi connectivity index (χ1) is 15.7. The van der Waals surface area contributed by atoms with Crippen molar-refractivity contribution < 1.29 is 14.6 Å². The second-order valence-electron chi connectivity index (χ2n) is 8.71. The lowest BCUT2D eigenvalue weighted by atomic mass is 10.1. The summed E-state index contributed by atoms with van der Waals surface area (Å²) in [6, 6.07) is 7.36. The molecule has 1 aromatic carbocycles. The van der Waals surface area contributed by atoms with Gasteiger partial charge in [0.25, 0.3) is 0 Å². The van der Waals surface area contributed by atoms with E-state index in [2.05, 4.69) is 12.2 Å². The van der Waals surface area contributed by atoms with Gasteiger partial charge in [-0.15, -0.1) is 11.8 Å². The lowest BCUT2D eigenvalue weighted by Crippen LogP contribution is -2.25. The van der Waals surface area contributed by atoms with Gasteiger partial charge in [-0.1, -0.05) is 90.4 Å². The van der Waals surface area contributed by atoms with Crippen LogP contribution in [0.4, 0.5) is 4.79 Å². The average molecular weight is 466 g/mol. The first kappa shape index (κ1) is 28.7. The molecule has 0 bridgehead atoms. The van der Waals surface area contributed by atoms with Gasteiger partial charge in [0.2, 0.25) is 0 Å². The van der Waals surface area contributed by atoms with Gasteiger partial charge in [0.1, 0.15) is 5.75 Å². The molecule has 0 aliphatic rings. The van der Waals surface area contributed by atoms with Crippen molar-refractivity contribution in [1.82, 2.24) is 5.32 Å². The number of thioether (sulfide) groups is 1. The van der Waals surface area contributed by atoms with Crippen molar-refractivity contribution in [3.05, 3.63) is 24.3 Å². The van der Waals surface area contributed by atoms with Crippen molar-refractivity contribution >= 4 is 17.9 Å². The minimum atomic E-state index is -0.268. The summed E-state index contributed by atoms with van der Waals surface area (Å²) in [5.74, 6) is 1.40. The molecule has 184 valence electrons. The summed E-state index contributed by atoms with van der Waals surface area (Å²) in [6.45, 7) is 3.50. The van der Waals surface area contributed by atoms with E-state index in [-0.39, 0.29) is 6.09 Å². The topological polar surface area (TPSA) is 58.6 Å². The normalized spacial score (nSPS) is 10.9. The molecule has 0 aromatic heterocycles. The third-order valence-corrected chi connectivity index (χ3v) is 6.78. The van der Waals surface area contributed by atoms with Gasteiger partial charge in [-0.2, -0.15) is 0 Å². The molecule has 1 aromatic rings. The Morgan fingerprint density at radius 1 is 0.781 bits per heavy atom. The third-order valence-electron chi connectivity index (χ3n) is 5.68. The van der Waals surface area contributed by atoms with E-state index in [1.807, 2.05) is 23.9 Å². The average Bonchev–Trinajstić information content (AvgIpc) is 2.80. The molecule has 0 aliphatic carbocycles. The van der Waals surface area contributed by atoms with Crippen molar-refractivity contribution in [2.75, 3.05) is 18.9 Å². The summed E-state index contributed by atoms with van der Waals surface area (Å²) >= 11 is 1.82. The number of ether oxygens (including phenoxy) is 1. The lowest BCUT2D eigenvalue weighted by Gasteiger charge is -2.07. The molecule has 0 saturated heterocycles. The molecule has 0 heterocycles. The number of hydrogen-bond donors (Lipinski definition) is 2. The Bertz CT molecular complexity index is 550. The fraction of sp³-hybridized carbons (Fsp3) is 0.741. The van der Waals surface area contributed by atoms with Crippen LogP contribution in [0.1, 0.15) is 110 Å². The van der Waals surface area contributed by atoms with Crippen molar-refractivity contribution in [1.29, 1.82) is 0 Å². The Balaban J connectivity index is 1.76. The van der Waals surface area contributed by atoms with Crippen LogP contribution in [0, 0.1) is 0 Å². The number of aromatic hydroxyl groups is 1. The number of rotatable bonds is 21. The monoisotopic (exact) mass is 465 g/mol. The number of nitrogens with one attached hydrogen (secondary N) is 1. The molecule has 1 amide bonds. The third kappa shape index (κ3) is 18.2. The molecular formula is C27H47NO3S. The van der Waals surface area contributed by atoms with E-state index in [9.17, 15) is 9.90 Å². The van der Waals surface area contributed by atoms with Crippen LogP contribution in [0.3, 0.4) is 0 Å². The minimum absolute atomic E-state index is 0.268.